The van der Waals surface area contributed by atoms with E-state index in [1.165, 1.54) is 6.42 Å². The van der Waals surface area contributed by atoms with Crippen LogP contribution in [-0.2, 0) is 0 Å². The summed E-state index contributed by atoms with van der Waals surface area (Å²) in [6, 6.07) is 0. The van der Waals surface area contributed by atoms with Gasteiger partial charge >= 0.3 is 0 Å². The lowest BCUT2D eigenvalue weighted by Gasteiger charge is -2.28. The van der Waals surface area contributed by atoms with Gasteiger partial charge in [-0.1, -0.05) is 39.8 Å². The van der Waals surface area contributed by atoms with Gasteiger partial charge in [0.1, 0.15) is 5.84 Å². The molecule has 0 rings (SSSR count). The van der Waals surface area contributed by atoms with Gasteiger partial charge < -0.3 is 20.7 Å². The lowest BCUT2D eigenvalue weighted by Crippen LogP contribution is -2.37. The fourth-order valence-corrected chi connectivity index (χ4v) is 2.19. The molecule has 5 nitrogen and oxygen atoms in total. The summed E-state index contributed by atoms with van der Waals surface area (Å²) in [5.74, 6) is 0.316. The molecule has 0 saturated carbocycles. The van der Waals surface area contributed by atoms with Crippen molar-refractivity contribution < 1.29 is 5.21 Å². The van der Waals surface area contributed by atoms with Crippen molar-refractivity contribution in [1.82, 2.24) is 9.80 Å². The van der Waals surface area contributed by atoms with Gasteiger partial charge in [0.05, 0.1) is 0 Å². The van der Waals surface area contributed by atoms with E-state index in [1.807, 2.05) is 13.8 Å². The molecule has 5 heteroatoms. The Morgan fingerprint density at radius 1 is 1.00 bits per heavy atom. The van der Waals surface area contributed by atoms with Crippen molar-refractivity contribution in [1.29, 1.82) is 0 Å². The highest BCUT2D eigenvalue weighted by atomic mass is 16.4. The maximum Gasteiger partial charge on any atom is 0.144 e. The lowest BCUT2D eigenvalue weighted by atomic mass is 9.88. The molecule has 0 radical (unpaired) electrons. The van der Waals surface area contributed by atoms with Crippen molar-refractivity contribution in [3.05, 3.63) is 0 Å². The fraction of sp³-hybridized carbons (Fsp3) is 0.933. The van der Waals surface area contributed by atoms with Gasteiger partial charge in [-0.05, 0) is 52.1 Å². The summed E-state index contributed by atoms with van der Waals surface area (Å²) in [7, 11) is 0. The summed E-state index contributed by atoms with van der Waals surface area (Å²) in [6.07, 6.45) is 2.10. The first-order valence-electron chi connectivity index (χ1n) is 7.83. The van der Waals surface area contributed by atoms with Crippen molar-refractivity contribution in [2.75, 3.05) is 39.3 Å². The Balaban J connectivity index is 4.10. The molecule has 0 fully saturated rings. The molecule has 0 spiro atoms. The zero-order valence-electron chi connectivity index (χ0n) is 14.0. The van der Waals surface area contributed by atoms with E-state index in [9.17, 15) is 0 Å². The number of rotatable bonds is 11. The van der Waals surface area contributed by atoms with Crippen LogP contribution in [0, 0.1) is 5.41 Å². The molecule has 0 aromatic heterocycles. The smallest absolute Gasteiger partial charge is 0.144 e. The number of nitrogens with two attached hydrogens (primary N) is 1. The van der Waals surface area contributed by atoms with Crippen molar-refractivity contribution >= 4 is 5.84 Å². The predicted molar refractivity (Wildman–Crippen MR) is 86.3 cm³/mol. The molecule has 0 unspecified atom stereocenters. The number of nitrogens with zero attached hydrogens (tertiary/aromatic N) is 3. The maximum atomic E-state index is 8.79. The van der Waals surface area contributed by atoms with Crippen LogP contribution in [0.15, 0.2) is 5.16 Å². The highest BCUT2D eigenvalue weighted by molar-refractivity contribution is 5.85. The van der Waals surface area contributed by atoms with Crippen LogP contribution in [0.4, 0.5) is 0 Å². The number of hydrogen-bond donors (Lipinski definition) is 2. The summed E-state index contributed by atoms with van der Waals surface area (Å²) in [5, 5.41) is 11.9. The van der Waals surface area contributed by atoms with Crippen molar-refractivity contribution in [2.24, 2.45) is 16.3 Å². The first kappa shape index (κ1) is 19.2. The molecular weight excluding hydrogens is 252 g/mol. The van der Waals surface area contributed by atoms with Crippen LogP contribution in [0.2, 0.25) is 0 Å². The molecule has 120 valence electrons. The Kier molecular flexibility index (Phi) is 9.59. The number of oxime groups is 1. The van der Waals surface area contributed by atoms with Gasteiger partial charge in [-0.25, -0.2) is 0 Å². The van der Waals surface area contributed by atoms with Gasteiger partial charge in [-0.3, -0.25) is 0 Å². The highest BCUT2D eigenvalue weighted by Crippen LogP contribution is 2.20. The zero-order chi connectivity index (χ0) is 15.6. The van der Waals surface area contributed by atoms with E-state index in [0.29, 0.717) is 5.84 Å². The summed E-state index contributed by atoms with van der Waals surface area (Å²) in [6.45, 7) is 17.2. The molecule has 0 atom stereocenters. The topological polar surface area (TPSA) is 65.1 Å². The van der Waals surface area contributed by atoms with E-state index in [4.69, 9.17) is 10.9 Å². The molecule has 20 heavy (non-hydrogen) atoms. The van der Waals surface area contributed by atoms with Crippen molar-refractivity contribution in [3.8, 4) is 0 Å². The summed E-state index contributed by atoms with van der Waals surface area (Å²) >= 11 is 0. The first-order chi connectivity index (χ1) is 9.41. The third-order valence-electron chi connectivity index (χ3n) is 4.14. The minimum Gasteiger partial charge on any atom is -0.409 e. The van der Waals surface area contributed by atoms with Crippen LogP contribution < -0.4 is 5.73 Å². The lowest BCUT2D eigenvalue weighted by molar-refractivity contribution is 0.225. The largest absolute Gasteiger partial charge is 0.409 e. The van der Waals surface area contributed by atoms with Crippen LogP contribution in [0.25, 0.3) is 0 Å². The van der Waals surface area contributed by atoms with Crippen molar-refractivity contribution in [2.45, 2.75) is 47.5 Å². The van der Waals surface area contributed by atoms with E-state index >= 15 is 0 Å². The molecule has 0 saturated heterocycles. The quantitative estimate of drug-likeness (QED) is 0.264. The third kappa shape index (κ3) is 7.10. The SMILES string of the molecule is CCN(CC)CCCN(CC)CCC(C)(C)C(N)=NO. The normalized spacial score (nSPS) is 13.4. The Morgan fingerprint density at radius 3 is 1.95 bits per heavy atom. The highest BCUT2D eigenvalue weighted by Gasteiger charge is 2.24. The van der Waals surface area contributed by atoms with Gasteiger partial charge in [-0.15, -0.1) is 0 Å². The first-order valence-corrected chi connectivity index (χ1v) is 7.83. The Bertz CT molecular complexity index is 275. The van der Waals surface area contributed by atoms with Crippen LogP contribution in [0.5, 0.6) is 0 Å². The van der Waals surface area contributed by atoms with Gasteiger partial charge in [0.2, 0.25) is 0 Å². The van der Waals surface area contributed by atoms with Crippen molar-refractivity contribution in [3.63, 3.8) is 0 Å². The van der Waals surface area contributed by atoms with E-state index in [0.717, 1.165) is 45.7 Å². The molecule has 0 aliphatic heterocycles. The molecular formula is C15H34N4O. The second-order valence-corrected chi connectivity index (χ2v) is 5.93. The Labute approximate surface area is 124 Å². The molecule has 0 aromatic carbocycles. The summed E-state index contributed by atoms with van der Waals surface area (Å²) < 4.78 is 0. The van der Waals surface area contributed by atoms with Gasteiger partial charge in [0.25, 0.3) is 0 Å². The fourth-order valence-electron chi connectivity index (χ4n) is 2.19. The molecule has 0 bridgehead atoms. The van der Waals surface area contributed by atoms with Crippen LogP contribution in [0.1, 0.15) is 47.5 Å². The Hall–Kier alpha value is -0.810. The summed E-state index contributed by atoms with van der Waals surface area (Å²) in [4.78, 5) is 4.89. The molecule has 0 amide bonds. The van der Waals surface area contributed by atoms with Crippen LogP contribution in [-0.4, -0.2) is 60.1 Å². The number of hydrogen-bond acceptors (Lipinski definition) is 4. The minimum absolute atomic E-state index is 0.249. The Morgan fingerprint density at radius 2 is 1.50 bits per heavy atom. The number of amidine groups is 1. The summed E-state index contributed by atoms with van der Waals surface area (Å²) in [5.41, 5.74) is 5.48. The molecule has 0 aromatic rings. The van der Waals surface area contributed by atoms with Gasteiger partial charge in [0.15, 0.2) is 0 Å². The van der Waals surface area contributed by atoms with Crippen LogP contribution in [0.3, 0.4) is 0 Å². The van der Waals surface area contributed by atoms with Gasteiger partial charge in [-0.2, -0.15) is 0 Å². The monoisotopic (exact) mass is 286 g/mol. The molecule has 0 aliphatic rings. The van der Waals surface area contributed by atoms with Crippen LogP contribution >= 0.6 is 0 Å². The zero-order valence-corrected chi connectivity index (χ0v) is 14.0. The van der Waals surface area contributed by atoms with E-state index in [2.05, 4.69) is 35.7 Å². The maximum absolute atomic E-state index is 8.79. The average molecular weight is 286 g/mol. The second kappa shape index (κ2) is 10.00. The average Bonchev–Trinajstić information content (AvgIpc) is 2.45. The standard InChI is InChI=1S/C15H34N4O/c1-6-18(7-2)11-9-12-19(8-3)13-10-15(4,5)14(16)17-20/h20H,6-13H2,1-5H3,(H2,16,17). The van der Waals surface area contributed by atoms with Gasteiger partial charge in [0, 0.05) is 5.41 Å². The minimum atomic E-state index is -0.249. The van der Waals surface area contributed by atoms with E-state index in [-0.39, 0.29) is 5.41 Å². The molecule has 3 N–H and O–H groups in total. The molecule has 0 aliphatic carbocycles. The predicted octanol–water partition coefficient (Wildman–Crippen LogP) is 2.20. The third-order valence-corrected chi connectivity index (χ3v) is 4.14. The molecule has 0 heterocycles. The second-order valence-electron chi connectivity index (χ2n) is 5.93. The van der Waals surface area contributed by atoms with E-state index < -0.39 is 0 Å². The van der Waals surface area contributed by atoms with E-state index in [1.54, 1.807) is 0 Å².